The van der Waals surface area contributed by atoms with Crippen molar-refractivity contribution in [3.63, 3.8) is 0 Å². The first-order valence-corrected chi connectivity index (χ1v) is 10.9. The van der Waals surface area contributed by atoms with Crippen molar-refractivity contribution >= 4 is 8.07 Å². The number of aliphatic hydroxyl groups excluding tert-OH is 1. The molecule has 0 bridgehead atoms. The van der Waals surface area contributed by atoms with Gasteiger partial charge in [-0.15, -0.1) is 0 Å². The molecule has 0 aromatic heterocycles. The van der Waals surface area contributed by atoms with Crippen LogP contribution in [0.2, 0.25) is 24.7 Å². The van der Waals surface area contributed by atoms with Gasteiger partial charge >= 0.3 is 0 Å². The fourth-order valence-corrected chi connectivity index (χ4v) is 8.33. The van der Waals surface area contributed by atoms with Gasteiger partial charge in [-0.05, 0) is 37.5 Å². The molecule has 0 spiro atoms. The molecule has 1 nitrogen and oxygen atoms in total. The van der Waals surface area contributed by atoms with E-state index in [9.17, 15) is 5.11 Å². The molecule has 1 aliphatic heterocycles. The van der Waals surface area contributed by atoms with Crippen molar-refractivity contribution in [1.29, 1.82) is 0 Å². The molecular formula is C15H30OSi. The van der Waals surface area contributed by atoms with Crippen molar-refractivity contribution < 1.29 is 5.11 Å². The molecule has 0 aromatic rings. The normalized spacial score (nSPS) is 43.6. The number of hydrogen-bond acceptors (Lipinski definition) is 1. The summed E-state index contributed by atoms with van der Waals surface area (Å²) in [5.41, 5.74) is 0. The summed E-state index contributed by atoms with van der Waals surface area (Å²) in [6, 6.07) is 4.73. The van der Waals surface area contributed by atoms with E-state index in [2.05, 4.69) is 13.5 Å². The second kappa shape index (κ2) is 5.88. The van der Waals surface area contributed by atoms with Crippen LogP contribution in [0.25, 0.3) is 0 Å². The lowest BCUT2D eigenvalue weighted by Gasteiger charge is -2.40. The summed E-state index contributed by atoms with van der Waals surface area (Å²) < 4.78 is 0. The highest BCUT2D eigenvalue weighted by atomic mass is 28.3. The summed E-state index contributed by atoms with van der Waals surface area (Å²) in [6.45, 7) is 4.99. The predicted molar refractivity (Wildman–Crippen MR) is 77.0 cm³/mol. The van der Waals surface area contributed by atoms with Crippen molar-refractivity contribution in [2.75, 3.05) is 0 Å². The van der Waals surface area contributed by atoms with Crippen LogP contribution in [0.4, 0.5) is 0 Å². The molecule has 0 unspecified atom stereocenters. The zero-order chi connectivity index (χ0) is 12.3. The zero-order valence-corrected chi connectivity index (χ0v) is 12.8. The third-order valence-electron chi connectivity index (χ3n) is 5.50. The van der Waals surface area contributed by atoms with E-state index in [-0.39, 0.29) is 6.10 Å². The summed E-state index contributed by atoms with van der Waals surface area (Å²) in [6.07, 6.45) is 9.22. The minimum atomic E-state index is -0.805. The van der Waals surface area contributed by atoms with E-state index >= 15 is 0 Å². The van der Waals surface area contributed by atoms with E-state index in [1.54, 1.807) is 18.1 Å². The first-order valence-electron chi connectivity index (χ1n) is 7.81. The fourth-order valence-electron chi connectivity index (χ4n) is 4.24. The van der Waals surface area contributed by atoms with Gasteiger partial charge in [-0.2, -0.15) is 0 Å². The smallest absolute Gasteiger partial charge is 0.0540 e. The van der Waals surface area contributed by atoms with E-state index in [1.165, 1.54) is 32.1 Å². The monoisotopic (exact) mass is 254 g/mol. The molecule has 1 N–H and O–H groups in total. The Bertz CT molecular complexity index is 225. The van der Waals surface area contributed by atoms with Crippen LogP contribution in [0.1, 0.15) is 51.9 Å². The third-order valence-corrected chi connectivity index (χ3v) is 10.2. The minimum Gasteiger partial charge on any atom is -0.393 e. The van der Waals surface area contributed by atoms with Crippen molar-refractivity contribution in [2.45, 2.75) is 82.7 Å². The van der Waals surface area contributed by atoms with Gasteiger partial charge in [0.1, 0.15) is 0 Å². The maximum Gasteiger partial charge on any atom is 0.0540 e. The first kappa shape index (κ1) is 13.6. The topological polar surface area (TPSA) is 20.2 Å². The molecule has 1 aliphatic carbocycles. The maximum absolute atomic E-state index is 9.59. The average molecular weight is 254 g/mol. The van der Waals surface area contributed by atoms with E-state index in [4.69, 9.17) is 0 Å². The summed E-state index contributed by atoms with van der Waals surface area (Å²) in [5, 5.41) is 9.59. The molecule has 17 heavy (non-hydrogen) atoms. The standard InChI is InChI=1S/C15H30OSi/c1-3-10-17(2)11-8-14(9-12-17)13-4-6-15(16)7-5-13/h13-16H,3-12H2,1-2H3. The average Bonchev–Trinajstić information content (AvgIpc) is 2.31. The Balaban J connectivity index is 1.79. The van der Waals surface area contributed by atoms with Crippen LogP contribution in [0, 0.1) is 11.8 Å². The lowest BCUT2D eigenvalue weighted by molar-refractivity contribution is 0.0879. The Labute approximate surface area is 108 Å². The molecule has 2 rings (SSSR count). The van der Waals surface area contributed by atoms with Crippen LogP contribution in [0.15, 0.2) is 0 Å². The molecule has 100 valence electrons. The minimum absolute atomic E-state index is 0.0228. The Morgan fingerprint density at radius 3 is 2.00 bits per heavy atom. The lowest BCUT2D eigenvalue weighted by Crippen LogP contribution is -2.37. The van der Waals surface area contributed by atoms with Gasteiger partial charge in [0.15, 0.2) is 0 Å². The highest BCUT2D eigenvalue weighted by Gasteiger charge is 2.35. The van der Waals surface area contributed by atoms with Gasteiger partial charge in [0.25, 0.3) is 0 Å². The molecule has 2 heteroatoms. The number of hydrogen-bond donors (Lipinski definition) is 1. The molecule has 0 radical (unpaired) electrons. The summed E-state index contributed by atoms with van der Waals surface area (Å²) in [4.78, 5) is 0. The Morgan fingerprint density at radius 1 is 0.941 bits per heavy atom. The quantitative estimate of drug-likeness (QED) is 0.738. The first-order chi connectivity index (χ1) is 8.13. The highest BCUT2D eigenvalue weighted by Crippen LogP contribution is 2.42. The van der Waals surface area contributed by atoms with Crippen LogP contribution in [0.5, 0.6) is 0 Å². The van der Waals surface area contributed by atoms with Gasteiger partial charge in [0.05, 0.1) is 14.2 Å². The van der Waals surface area contributed by atoms with Crippen LogP contribution in [-0.2, 0) is 0 Å². The molecule has 1 saturated heterocycles. The van der Waals surface area contributed by atoms with E-state index < -0.39 is 8.07 Å². The molecule has 0 atom stereocenters. The van der Waals surface area contributed by atoms with Crippen molar-refractivity contribution in [3.05, 3.63) is 0 Å². The second-order valence-corrected chi connectivity index (χ2v) is 12.1. The molecular weight excluding hydrogens is 224 g/mol. The fraction of sp³-hybridized carbons (Fsp3) is 1.00. The molecule has 2 aliphatic rings. The van der Waals surface area contributed by atoms with Crippen molar-refractivity contribution in [2.24, 2.45) is 11.8 Å². The van der Waals surface area contributed by atoms with Gasteiger partial charge < -0.3 is 5.11 Å². The lowest BCUT2D eigenvalue weighted by atomic mass is 9.76. The summed E-state index contributed by atoms with van der Waals surface area (Å²) >= 11 is 0. The third kappa shape index (κ3) is 3.57. The van der Waals surface area contributed by atoms with Gasteiger partial charge in [-0.3, -0.25) is 0 Å². The van der Waals surface area contributed by atoms with Crippen LogP contribution < -0.4 is 0 Å². The molecule has 0 amide bonds. The van der Waals surface area contributed by atoms with Crippen LogP contribution in [0.3, 0.4) is 0 Å². The van der Waals surface area contributed by atoms with Gasteiger partial charge in [-0.1, -0.05) is 50.9 Å². The van der Waals surface area contributed by atoms with Crippen LogP contribution >= 0.6 is 0 Å². The Hall–Kier alpha value is 0.177. The second-order valence-electron chi connectivity index (χ2n) is 6.97. The molecule has 1 heterocycles. The van der Waals surface area contributed by atoms with Crippen LogP contribution in [-0.4, -0.2) is 19.3 Å². The number of aliphatic hydroxyl groups is 1. The van der Waals surface area contributed by atoms with Gasteiger partial charge in [0.2, 0.25) is 0 Å². The van der Waals surface area contributed by atoms with Crippen molar-refractivity contribution in [1.82, 2.24) is 0 Å². The molecule has 1 saturated carbocycles. The highest BCUT2D eigenvalue weighted by molar-refractivity contribution is 6.78. The summed E-state index contributed by atoms with van der Waals surface area (Å²) in [7, 11) is -0.805. The maximum atomic E-state index is 9.59. The zero-order valence-electron chi connectivity index (χ0n) is 11.8. The van der Waals surface area contributed by atoms with E-state index in [0.29, 0.717) is 0 Å². The SMILES string of the molecule is CCC[Si]1(C)CCC(C2CCC(O)CC2)CC1. The predicted octanol–water partition coefficient (Wildman–Crippen LogP) is 4.44. The van der Waals surface area contributed by atoms with E-state index in [0.717, 1.165) is 24.7 Å². The van der Waals surface area contributed by atoms with Crippen molar-refractivity contribution in [3.8, 4) is 0 Å². The van der Waals surface area contributed by atoms with Gasteiger partial charge in [0, 0.05) is 0 Å². The number of rotatable bonds is 3. The Morgan fingerprint density at radius 2 is 1.47 bits per heavy atom. The largest absolute Gasteiger partial charge is 0.393 e. The molecule has 2 fully saturated rings. The Kier molecular flexibility index (Phi) is 4.70. The molecule has 0 aromatic carbocycles. The summed E-state index contributed by atoms with van der Waals surface area (Å²) in [5.74, 6) is 1.97. The van der Waals surface area contributed by atoms with E-state index in [1.807, 2.05) is 0 Å². The van der Waals surface area contributed by atoms with Gasteiger partial charge in [-0.25, -0.2) is 0 Å².